The standard InChI is InChI=1S/C15H12O4/c1-10-9-13(17)14(15(18)19-10)12(16)8-7-11-5-3-2-4-6-11/h2-9,14H,1H3/b8-7-/t14-/m1/s1. The first-order valence-corrected chi connectivity index (χ1v) is 5.79. The van der Waals surface area contributed by atoms with Crippen molar-refractivity contribution < 1.29 is 19.1 Å². The first kappa shape index (κ1) is 13.0. The van der Waals surface area contributed by atoms with Gasteiger partial charge in [0, 0.05) is 6.08 Å². The van der Waals surface area contributed by atoms with Crippen LogP contribution in [0.25, 0.3) is 6.08 Å². The molecule has 0 spiro atoms. The average Bonchev–Trinajstić information content (AvgIpc) is 2.36. The Morgan fingerprint density at radius 2 is 1.89 bits per heavy atom. The number of rotatable bonds is 3. The lowest BCUT2D eigenvalue weighted by Gasteiger charge is -2.15. The van der Waals surface area contributed by atoms with Gasteiger partial charge >= 0.3 is 5.97 Å². The fraction of sp³-hybridized carbons (Fsp3) is 0.133. The monoisotopic (exact) mass is 256 g/mol. The molecule has 1 heterocycles. The van der Waals surface area contributed by atoms with E-state index in [-0.39, 0.29) is 5.76 Å². The molecule has 0 radical (unpaired) electrons. The van der Waals surface area contributed by atoms with Crippen molar-refractivity contribution >= 4 is 23.6 Å². The van der Waals surface area contributed by atoms with Gasteiger partial charge in [-0.05, 0) is 18.6 Å². The summed E-state index contributed by atoms with van der Waals surface area (Å²) in [4.78, 5) is 35.0. The second-order valence-electron chi connectivity index (χ2n) is 4.16. The lowest BCUT2D eigenvalue weighted by atomic mass is 9.96. The minimum atomic E-state index is -1.37. The number of hydrogen-bond donors (Lipinski definition) is 0. The van der Waals surface area contributed by atoms with Gasteiger partial charge in [0.15, 0.2) is 17.5 Å². The Kier molecular flexibility index (Phi) is 3.71. The summed E-state index contributed by atoms with van der Waals surface area (Å²) in [6.07, 6.45) is 3.96. The van der Waals surface area contributed by atoms with E-state index in [4.69, 9.17) is 4.74 Å². The molecule has 0 aliphatic carbocycles. The quantitative estimate of drug-likeness (QED) is 0.471. The molecular formula is C15H12O4. The van der Waals surface area contributed by atoms with Crippen LogP contribution >= 0.6 is 0 Å². The molecule has 1 atom stereocenters. The van der Waals surface area contributed by atoms with E-state index >= 15 is 0 Å². The zero-order chi connectivity index (χ0) is 13.8. The summed E-state index contributed by atoms with van der Waals surface area (Å²) in [7, 11) is 0. The molecule has 1 aliphatic rings. The Bertz CT molecular complexity index is 581. The van der Waals surface area contributed by atoms with Crippen molar-refractivity contribution in [2.45, 2.75) is 6.92 Å². The minimum Gasteiger partial charge on any atom is -0.430 e. The SMILES string of the molecule is CC1=CC(=O)[C@@H](C(=O)/C=C\c2ccccc2)C(=O)O1. The number of ether oxygens (including phenoxy) is 1. The van der Waals surface area contributed by atoms with Crippen LogP contribution in [0.4, 0.5) is 0 Å². The van der Waals surface area contributed by atoms with Crippen molar-refractivity contribution in [3.05, 3.63) is 53.8 Å². The molecule has 4 heteroatoms. The van der Waals surface area contributed by atoms with Crippen LogP contribution in [0, 0.1) is 5.92 Å². The van der Waals surface area contributed by atoms with E-state index in [0.29, 0.717) is 0 Å². The lowest BCUT2D eigenvalue weighted by Crippen LogP contribution is -2.34. The normalized spacial score (nSPS) is 19.2. The Hall–Kier alpha value is -2.49. The van der Waals surface area contributed by atoms with Crippen LogP contribution in [0.2, 0.25) is 0 Å². The zero-order valence-electron chi connectivity index (χ0n) is 10.3. The van der Waals surface area contributed by atoms with Crippen molar-refractivity contribution in [1.29, 1.82) is 0 Å². The van der Waals surface area contributed by atoms with E-state index in [1.807, 2.05) is 30.3 Å². The number of ketones is 2. The molecule has 1 aromatic carbocycles. The predicted molar refractivity (Wildman–Crippen MR) is 68.8 cm³/mol. The summed E-state index contributed by atoms with van der Waals surface area (Å²) in [6.45, 7) is 1.50. The molecule has 0 saturated carbocycles. The molecule has 4 nitrogen and oxygen atoms in total. The van der Waals surface area contributed by atoms with E-state index in [9.17, 15) is 14.4 Å². The molecule has 0 bridgehead atoms. The van der Waals surface area contributed by atoms with Gasteiger partial charge in [0.2, 0.25) is 0 Å². The van der Waals surface area contributed by atoms with E-state index in [1.165, 1.54) is 19.1 Å². The van der Waals surface area contributed by atoms with Crippen LogP contribution in [0.3, 0.4) is 0 Å². The number of carbonyl (C=O) groups excluding carboxylic acids is 3. The van der Waals surface area contributed by atoms with Crippen LogP contribution in [-0.4, -0.2) is 17.5 Å². The van der Waals surface area contributed by atoms with E-state index < -0.39 is 23.5 Å². The molecule has 0 amide bonds. The number of esters is 1. The summed E-state index contributed by atoms with van der Waals surface area (Å²) < 4.78 is 4.79. The first-order chi connectivity index (χ1) is 9.08. The largest absolute Gasteiger partial charge is 0.430 e. The van der Waals surface area contributed by atoms with Crippen molar-refractivity contribution in [2.75, 3.05) is 0 Å². The summed E-state index contributed by atoms with van der Waals surface area (Å²) in [6, 6.07) is 9.14. The third-order valence-electron chi connectivity index (χ3n) is 2.65. The van der Waals surface area contributed by atoms with Gasteiger partial charge in [0.25, 0.3) is 0 Å². The molecule has 2 rings (SSSR count). The summed E-state index contributed by atoms with van der Waals surface area (Å²) >= 11 is 0. The molecule has 0 unspecified atom stereocenters. The zero-order valence-corrected chi connectivity index (χ0v) is 10.3. The maximum atomic E-state index is 11.9. The highest BCUT2D eigenvalue weighted by atomic mass is 16.5. The fourth-order valence-electron chi connectivity index (χ4n) is 1.74. The van der Waals surface area contributed by atoms with Gasteiger partial charge in [-0.2, -0.15) is 0 Å². The molecule has 0 N–H and O–H groups in total. The Morgan fingerprint density at radius 3 is 2.53 bits per heavy atom. The molecule has 0 aromatic heterocycles. The Labute approximate surface area is 110 Å². The highest BCUT2D eigenvalue weighted by Gasteiger charge is 2.36. The molecule has 19 heavy (non-hydrogen) atoms. The van der Waals surface area contributed by atoms with Crippen LogP contribution in [-0.2, 0) is 19.1 Å². The van der Waals surface area contributed by atoms with Gasteiger partial charge in [-0.25, -0.2) is 0 Å². The number of benzene rings is 1. The number of allylic oxidation sites excluding steroid dienone is 3. The summed E-state index contributed by atoms with van der Waals surface area (Å²) in [5.74, 6) is -3.07. The van der Waals surface area contributed by atoms with Crippen LogP contribution in [0.5, 0.6) is 0 Å². The molecule has 0 saturated heterocycles. The van der Waals surface area contributed by atoms with Crippen LogP contribution in [0.1, 0.15) is 12.5 Å². The van der Waals surface area contributed by atoms with E-state index in [0.717, 1.165) is 5.56 Å². The van der Waals surface area contributed by atoms with Gasteiger partial charge in [-0.3, -0.25) is 14.4 Å². The molecule has 0 fully saturated rings. The smallest absolute Gasteiger partial charge is 0.329 e. The number of cyclic esters (lactones) is 1. The van der Waals surface area contributed by atoms with Crippen molar-refractivity contribution in [2.24, 2.45) is 5.92 Å². The minimum absolute atomic E-state index is 0.214. The van der Waals surface area contributed by atoms with Crippen LogP contribution < -0.4 is 0 Å². The Balaban J connectivity index is 2.15. The molecule has 1 aromatic rings. The topological polar surface area (TPSA) is 60.4 Å². The summed E-state index contributed by atoms with van der Waals surface area (Å²) in [5.41, 5.74) is 0.819. The van der Waals surface area contributed by atoms with Crippen molar-refractivity contribution in [3.63, 3.8) is 0 Å². The number of carbonyl (C=O) groups is 3. The third kappa shape index (κ3) is 3.04. The molecule has 1 aliphatic heterocycles. The maximum absolute atomic E-state index is 11.9. The Morgan fingerprint density at radius 1 is 1.21 bits per heavy atom. The summed E-state index contributed by atoms with van der Waals surface area (Å²) in [5, 5.41) is 0. The van der Waals surface area contributed by atoms with Gasteiger partial charge < -0.3 is 4.74 Å². The third-order valence-corrected chi connectivity index (χ3v) is 2.65. The van der Waals surface area contributed by atoms with Crippen molar-refractivity contribution in [3.8, 4) is 0 Å². The maximum Gasteiger partial charge on any atom is 0.329 e. The predicted octanol–water partition coefficient (Wildman–Crippen LogP) is 1.91. The molecule has 96 valence electrons. The number of hydrogen-bond acceptors (Lipinski definition) is 4. The fourth-order valence-corrected chi connectivity index (χ4v) is 1.74. The van der Waals surface area contributed by atoms with Gasteiger partial charge in [-0.15, -0.1) is 0 Å². The average molecular weight is 256 g/mol. The second kappa shape index (κ2) is 5.44. The van der Waals surface area contributed by atoms with Crippen molar-refractivity contribution in [1.82, 2.24) is 0 Å². The first-order valence-electron chi connectivity index (χ1n) is 5.79. The van der Waals surface area contributed by atoms with E-state index in [2.05, 4.69) is 0 Å². The van der Waals surface area contributed by atoms with E-state index in [1.54, 1.807) is 6.08 Å². The van der Waals surface area contributed by atoms with Gasteiger partial charge in [0.05, 0.1) is 0 Å². The highest BCUT2D eigenvalue weighted by molar-refractivity contribution is 6.25. The molecular weight excluding hydrogens is 244 g/mol. The van der Waals surface area contributed by atoms with Gasteiger partial charge in [-0.1, -0.05) is 36.4 Å². The highest BCUT2D eigenvalue weighted by Crippen LogP contribution is 2.16. The van der Waals surface area contributed by atoms with Crippen LogP contribution in [0.15, 0.2) is 48.2 Å². The lowest BCUT2D eigenvalue weighted by molar-refractivity contribution is -0.151. The van der Waals surface area contributed by atoms with Gasteiger partial charge in [0.1, 0.15) is 5.76 Å². The second-order valence-corrected chi connectivity index (χ2v) is 4.16.